The van der Waals surface area contributed by atoms with Gasteiger partial charge >= 0.3 is 6.18 Å². The molecule has 2 aromatic rings. The number of carbonyl (C=O) groups is 1. The maximum absolute atomic E-state index is 12.6. The van der Waals surface area contributed by atoms with Crippen LogP contribution in [0.25, 0.3) is 10.9 Å². The van der Waals surface area contributed by atoms with Gasteiger partial charge in [-0.15, -0.1) is 0 Å². The lowest BCUT2D eigenvalue weighted by Crippen LogP contribution is -2.22. The van der Waals surface area contributed by atoms with E-state index in [4.69, 9.17) is 4.74 Å². The van der Waals surface area contributed by atoms with Crippen LogP contribution in [0.5, 0.6) is 0 Å². The zero-order valence-electron chi connectivity index (χ0n) is 11.1. The third kappa shape index (κ3) is 2.56. The number of para-hydroxylation sites is 1. The fourth-order valence-electron chi connectivity index (χ4n) is 2.25. The highest BCUT2D eigenvalue weighted by molar-refractivity contribution is 6.11. The molecule has 0 aliphatic carbocycles. The third-order valence-corrected chi connectivity index (χ3v) is 3.14. The van der Waals surface area contributed by atoms with Gasteiger partial charge in [-0.25, -0.2) is 0 Å². The summed E-state index contributed by atoms with van der Waals surface area (Å²) in [6, 6.07) is 4.98. The molecular weight excluding hydrogens is 271 g/mol. The Hall–Kier alpha value is -1.82. The van der Waals surface area contributed by atoms with E-state index < -0.39 is 12.0 Å². The molecule has 0 saturated carbocycles. The van der Waals surface area contributed by atoms with Crippen LogP contribution in [0.4, 0.5) is 13.2 Å². The summed E-state index contributed by atoms with van der Waals surface area (Å²) in [7, 11) is 1.51. The molecule has 1 aromatic heterocycles. The molecule has 108 valence electrons. The van der Waals surface area contributed by atoms with Crippen molar-refractivity contribution < 1.29 is 22.7 Å². The number of rotatable bonds is 4. The highest BCUT2D eigenvalue weighted by Crippen LogP contribution is 2.30. The second kappa shape index (κ2) is 5.28. The van der Waals surface area contributed by atoms with Crippen molar-refractivity contribution in [2.24, 2.45) is 0 Å². The highest BCUT2D eigenvalue weighted by Gasteiger charge is 2.40. The van der Waals surface area contributed by atoms with Crippen molar-refractivity contribution in [2.75, 3.05) is 13.7 Å². The summed E-state index contributed by atoms with van der Waals surface area (Å²) in [4.78, 5) is 11.5. The third-order valence-electron chi connectivity index (χ3n) is 3.14. The van der Waals surface area contributed by atoms with E-state index in [1.54, 1.807) is 23.6 Å². The summed E-state index contributed by atoms with van der Waals surface area (Å²) in [6.07, 6.45) is -3.61. The average Bonchev–Trinajstić information content (AvgIpc) is 2.74. The first kappa shape index (κ1) is 14.6. The predicted octanol–water partition coefficient (Wildman–Crippen LogP) is 3.34. The standard InChI is InChI=1S/C14H14F3NO2/c1-9-4-3-5-10-11(13(19)14(15,16)17)8-18(12(9)10)6-7-20-2/h3-5,8H,6-7H2,1-2H3. The van der Waals surface area contributed by atoms with Gasteiger partial charge in [0.05, 0.1) is 17.7 Å². The zero-order chi connectivity index (χ0) is 14.9. The molecule has 6 heteroatoms. The van der Waals surface area contributed by atoms with Gasteiger partial charge in [-0.2, -0.15) is 13.2 Å². The van der Waals surface area contributed by atoms with Gasteiger partial charge in [-0.3, -0.25) is 4.79 Å². The van der Waals surface area contributed by atoms with E-state index >= 15 is 0 Å². The number of ether oxygens (including phenoxy) is 1. The van der Waals surface area contributed by atoms with Crippen LogP contribution >= 0.6 is 0 Å². The fraction of sp³-hybridized carbons (Fsp3) is 0.357. The second-order valence-electron chi connectivity index (χ2n) is 4.53. The van der Waals surface area contributed by atoms with Crippen molar-refractivity contribution >= 4 is 16.7 Å². The molecule has 0 radical (unpaired) electrons. The number of Topliss-reactive ketones (excluding diaryl/α,β-unsaturated/α-hetero) is 1. The second-order valence-corrected chi connectivity index (χ2v) is 4.53. The summed E-state index contributed by atoms with van der Waals surface area (Å²) in [5, 5.41) is 0.323. The molecule has 0 unspecified atom stereocenters. The number of ketones is 1. The molecule has 0 bridgehead atoms. The number of nitrogens with zero attached hydrogens (tertiary/aromatic N) is 1. The molecule has 0 fully saturated rings. The lowest BCUT2D eigenvalue weighted by Gasteiger charge is -2.06. The molecule has 1 aromatic carbocycles. The van der Waals surface area contributed by atoms with Gasteiger partial charge in [-0.05, 0) is 12.5 Å². The van der Waals surface area contributed by atoms with Crippen LogP contribution in [0, 0.1) is 6.92 Å². The van der Waals surface area contributed by atoms with Gasteiger partial charge in [0.1, 0.15) is 0 Å². The Morgan fingerprint density at radius 1 is 1.35 bits per heavy atom. The Labute approximate surface area is 113 Å². The number of benzene rings is 1. The maximum Gasteiger partial charge on any atom is 0.454 e. The lowest BCUT2D eigenvalue weighted by atomic mass is 10.1. The Morgan fingerprint density at radius 2 is 2.05 bits per heavy atom. The summed E-state index contributed by atoms with van der Waals surface area (Å²) in [6.45, 7) is 2.55. The van der Waals surface area contributed by atoms with Crippen LogP contribution in [-0.4, -0.2) is 30.2 Å². The van der Waals surface area contributed by atoms with Gasteiger partial charge in [-0.1, -0.05) is 18.2 Å². The van der Waals surface area contributed by atoms with Crippen LogP contribution in [0.3, 0.4) is 0 Å². The van der Waals surface area contributed by atoms with Gasteiger partial charge in [0.25, 0.3) is 5.78 Å². The van der Waals surface area contributed by atoms with Crippen molar-refractivity contribution in [1.29, 1.82) is 0 Å². The Bertz CT molecular complexity index is 644. The fourth-order valence-corrected chi connectivity index (χ4v) is 2.25. The van der Waals surface area contributed by atoms with Crippen LogP contribution in [0.15, 0.2) is 24.4 Å². The van der Waals surface area contributed by atoms with Crippen molar-refractivity contribution in [2.45, 2.75) is 19.6 Å². The van der Waals surface area contributed by atoms with Gasteiger partial charge in [0.2, 0.25) is 0 Å². The maximum atomic E-state index is 12.6. The van der Waals surface area contributed by atoms with Crippen molar-refractivity contribution in [3.05, 3.63) is 35.5 Å². The van der Waals surface area contributed by atoms with E-state index in [0.29, 0.717) is 24.1 Å². The highest BCUT2D eigenvalue weighted by atomic mass is 19.4. The molecule has 0 N–H and O–H groups in total. The molecule has 0 spiro atoms. The summed E-state index contributed by atoms with van der Waals surface area (Å²) in [5.74, 6) is -1.82. The van der Waals surface area contributed by atoms with E-state index in [9.17, 15) is 18.0 Å². The summed E-state index contributed by atoms with van der Waals surface area (Å²) < 4.78 is 44.5. The van der Waals surface area contributed by atoms with E-state index in [1.165, 1.54) is 19.4 Å². The number of aryl methyl sites for hydroxylation is 1. The molecule has 1 heterocycles. The molecule has 0 aliphatic heterocycles. The van der Waals surface area contributed by atoms with Crippen LogP contribution in [0.1, 0.15) is 15.9 Å². The van der Waals surface area contributed by atoms with Crippen LogP contribution in [-0.2, 0) is 11.3 Å². The molecule has 20 heavy (non-hydrogen) atoms. The first-order valence-corrected chi connectivity index (χ1v) is 6.05. The minimum atomic E-state index is -4.87. The summed E-state index contributed by atoms with van der Waals surface area (Å²) >= 11 is 0. The number of hydrogen-bond donors (Lipinski definition) is 0. The molecular formula is C14H14F3NO2. The SMILES string of the molecule is COCCn1cc(C(=O)C(F)(F)F)c2cccc(C)c21. The Balaban J connectivity index is 2.62. The number of methoxy groups -OCH3 is 1. The van der Waals surface area contributed by atoms with Gasteiger partial charge in [0, 0.05) is 25.2 Å². The van der Waals surface area contributed by atoms with E-state index in [1.807, 2.05) is 0 Å². The minimum Gasteiger partial charge on any atom is -0.383 e. The lowest BCUT2D eigenvalue weighted by molar-refractivity contribution is -0.0884. The molecule has 0 aliphatic rings. The van der Waals surface area contributed by atoms with Crippen molar-refractivity contribution in [1.82, 2.24) is 4.57 Å². The van der Waals surface area contributed by atoms with E-state index in [2.05, 4.69) is 0 Å². The molecule has 0 amide bonds. The normalized spacial score (nSPS) is 12.1. The van der Waals surface area contributed by atoms with Crippen LogP contribution < -0.4 is 0 Å². The minimum absolute atomic E-state index is 0.313. The quantitative estimate of drug-likeness (QED) is 0.807. The smallest absolute Gasteiger partial charge is 0.383 e. The number of halogens is 3. The molecule has 2 rings (SSSR count). The Kier molecular flexibility index (Phi) is 3.85. The number of fused-ring (bicyclic) bond motifs is 1. The van der Waals surface area contributed by atoms with Crippen molar-refractivity contribution in [3.63, 3.8) is 0 Å². The first-order chi connectivity index (χ1) is 9.36. The Morgan fingerprint density at radius 3 is 2.65 bits per heavy atom. The van der Waals surface area contributed by atoms with E-state index in [0.717, 1.165) is 5.56 Å². The zero-order valence-corrected chi connectivity index (χ0v) is 11.1. The molecule has 0 atom stereocenters. The first-order valence-electron chi connectivity index (χ1n) is 6.05. The largest absolute Gasteiger partial charge is 0.454 e. The number of alkyl halides is 3. The predicted molar refractivity (Wildman–Crippen MR) is 68.9 cm³/mol. The summed E-state index contributed by atoms with van der Waals surface area (Å²) in [5.41, 5.74) is 1.14. The van der Waals surface area contributed by atoms with Gasteiger partial charge in [0.15, 0.2) is 0 Å². The number of hydrogen-bond acceptors (Lipinski definition) is 2. The number of carbonyl (C=O) groups excluding carboxylic acids is 1. The van der Waals surface area contributed by atoms with Crippen molar-refractivity contribution in [3.8, 4) is 0 Å². The molecule has 0 saturated heterocycles. The van der Waals surface area contributed by atoms with Crippen LogP contribution in [0.2, 0.25) is 0 Å². The topological polar surface area (TPSA) is 31.2 Å². The monoisotopic (exact) mass is 285 g/mol. The molecule has 3 nitrogen and oxygen atoms in total. The van der Waals surface area contributed by atoms with E-state index in [-0.39, 0.29) is 5.56 Å². The average molecular weight is 285 g/mol. The number of aromatic nitrogens is 1. The van der Waals surface area contributed by atoms with Gasteiger partial charge < -0.3 is 9.30 Å².